The lowest BCUT2D eigenvalue weighted by Gasteiger charge is -2.32. The second kappa shape index (κ2) is 11.3. The highest BCUT2D eigenvalue weighted by Crippen LogP contribution is 2.16. The van der Waals surface area contributed by atoms with Gasteiger partial charge < -0.3 is 21.3 Å². The van der Waals surface area contributed by atoms with Crippen molar-refractivity contribution in [3.05, 3.63) is 35.4 Å². The number of aryl methyl sites for hydroxylation is 1. The first-order valence-electron chi connectivity index (χ1n) is 9.15. The predicted octanol–water partition coefficient (Wildman–Crippen LogP) is 2.81. The number of nitrogens with zero attached hydrogens (tertiary/aromatic N) is 2. The smallest absolute Gasteiger partial charge is 0.314 e. The second-order valence-electron chi connectivity index (χ2n) is 6.78. The van der Waals surface area contributed by atoms with Gasteiger partial charge in [-0.2, -0.15) is 0 Å². The fourth-order valence-electron chi connectivity index (χ4n) is 2.99. The van der Waals surface area contributed by atoms with E-state index in [0.29, 0.717) is 25.0 Å². The van der Waals surface area contributed by atoms with E-state index in [-0.39, 0.29) is 30.0 Å². The van der Waals surface area contributed by atoms with E-state index in [9.17, 15) is 4.79 Å². The Balaban J connectivity index is 0.00000338. The average molecular weight is 473 g/mol. The molecule has 2 amide bonds. The summed E-state index contributed by atoms with van der Waals surface area (Å²) in [6, 6.07) is 8.64. The zero-order chi connectivity index (χ0) is 18.2. The van der Waals surface area contributed by atoms with Crippen LogP contribution >= 0.6 is 24.0 Å². The van der Waals surface area contributed by atoms with Gasteiger partial charge in [-0.15, -0.1) is 24.0 Å². The lowest BCUT2D eigenvalue weighted by atomic mass is 10.0. The molecule has 1 heterocycles. The lowest BCUT2D eigenvalue weighted by molar-refractivity contribution is 0.188. The summed E-state index contributed by atoms with van der Waals surface area (Å²) in [5.41, 5.74) is 7.92. The Labute approximate surface area is 174 Å². The standard InChI is InChI=1S/C19H31N5O.HI/c1-4-21-19(23-17-9-11-24(12-10-17)18(20)25)22-13-15(3)16-7-5-14(2)6-8-16;/h5-8,15,17H,4,9-13H2,1-3H3,(H2,20,25)(H2,21,22,23);1H. The number of hydrogen-bond donors (Lipinski definition) is 3. The summed E-state index contributed by atoms with van der Waals surface area (Å²) in [6.07, 6.45) is 1.78. The van der Waals surface area contributed by atoms with Crippen molar-refractivity contribution in [1.82, 2.24) is 15.5 Å². The summed E-state index contributed by atoms with van der Waals surface area (Å²) in [5.74, 6) is 1.21. The zero-order valence-electron chi connectivity index (χ0n) is 16.0. The molecule has 1 aliphatic rings. The molecule has 2 rings (SSSR count). The summed E-state index contributed by atoms with van der Waals surface area (Å²) in [7, 11) is 0. The Bertz CT molecular complexity index is 582. The van der Waals surface area contributed by atoms with Gasteiger partial charge in [-0.3, -0.25) is 4.99 Å². The van der Waals surface area contributed by atoms with Crippen LogP contribution < -0.4 is 16.4 Å². The fraction of sp³-hybridized carbons (Fsp3) is 0.579. The van der Waals surface area contributed by atoms with Gasteiger partial charge in [0, 0.05) is 38.1 Å². The molecule has 0 spiro atoms. The molecule has 1 saturated heterocycles. The van der Waals surface area contributed by atoms with Crippen molar-refractivity contribution in [3.63, 3.8) is 0 Å². The minimum absolute atomic E-state index is 0. The minimum atomic E-state index is -0.328. The van der Waals surface area contributed by atoms with E-state index >= 15 is 0 Å². The Morgan fingerprint density at radius 2 is 1.92 bits per heavy atom. The summed E-state index contributed by atoms with van der Waals surface area (Å²) in [5, 5.41) is 6.81. The molecule has 1 aliphatic heterocycles. The number of piperidine rings is 1. The number of nitrogens with two attached hydrogens (primary N) is 1. The molecule has 4 N–H and O–H groups in total. The molecule has 7 heteroatoms. The van der Waals surface area contributed by atoms with Crippen LogP contribution in [0.25, 0.3) is 0 Å². The molecule has 146 valence electrons. The largest absolute Gasteiger partial charge is 0.357 e. The van der Waals surface area contributed by atoms with Crippen molar-refractivity contribution in [1.29, 1.82) is 0 Å². The van der Waals surface area contributed by atoms with Gasteiger partial charge in [0.25, 0.3) is 0 Å². The quantitative estimate of drug-likeness (QED) is 0.350. The number of carbonyl (C=O) groups excluding carboxylic acids is 1. The van der Waals surface area contributed by atoms with Gasteiger partial charge in [0.1, 0.15) is 0 Å². The van der Waals surface area contributed by atoms with Crippen LogP contribution in [0.4, 0.5) is 4.79 Å². The van der Waals surface area contributed by atoms with Gasteiger partial charge in [-0.1, -0.05) is 36.8 Å². The van der Waals surface area contributed by atoms with Gasteiger partial charge in [0.2, 0.25) is 0 Å². The molecule has 0 saturated carbocycles. The average Bonchev–Trinajstić information content (AvgIpc) is 2.60. The number of amides is 2. The minimum Gasteiger partial charge on any atom is -0.357 e. The lowest BCUT2D eigenvalue weighted by Crippen LogP contribution is -2.50. The van der Waals surface area contributed by atoms with Crippen LogP contribution in [0.5, 0.6) is 0 Å². The predicted molar refractivity (Wildman–Crippen MR) is 118 cm³/mol. The van der Waals surface area contributed by atoms with E-state index in [2.05, 4.69) is 55.7 Å². The second-order valence-corrected chi connectivity index (χ2v) is 6.78. The molecule has 1 aromatic rings. The van der Waals surface area contributed by atoms with Gasteiger partial charge >= 0.3 is 6.03 Å². The van der Waals surface area contributed by atoms with Gasteiger partial charge in [-0.05, 0) is 32.3 Å². The number of urea groups is 1. The first-order valence-corrected chi connectivity index (χ1v) is 9.15. The summed E-state index contributed by atoms with van der Waals surface area (Å²) in [6.45, 7) is 9.32. The molecular formula is C19H32IN5O. The third kappa shape index (κ3) is 7.01. The maximum atomic E-state index is 11.2. The number of aliphatic imine (C=N–C) groups is 1. The van der Waals surface area contributed by atoms with E-state index in [1.807, 2.05) is 0 Å². The highest BCUT2D eigenvalue weighted by molar-refractivity contribution is 14.0. The molecule has 1 fully saturated rings. The van der Waals surface area contributed by atoms with Gasteiger partial charge in [-0.25, -0.2) is 4.79 Å². The first kappa shape index (κ1) is 22.5. The molecule has 0 radical (unpaired) electrons. The fourth-order valence-corrected chi connectivity index (χ4v) is 2.99. The van der Waals surface area contributed by atoms with Crippen molar-refractivity contribution in [2.24, 2.45) is 10.7 Å². The van der Waals surface area contributed by atoms with Crippen LogP contribution in [0, 0.1) is 6.92 Å². The monoisotopic (exact) mass is 473 g/mol. The van der Waals surface area contributed by atoms with E-state index in [0.717, 1.165) is 31.9 Å². The van der Waals surface area contributed by atoms with Crippen LogP contribution in [-0.2, 0) is 0 Å². The maximum Gasteiger partial charge on any atom is 0.314 e. The van der Waals surface area contributed by atoms with Crippen molar-refractivity contribution in [2.45, 2.75) is 45.6 Å². The van der Waals surface area contributed by atoms with E-state index < -0.39 is 0 Å². The third-order valence-corrected chi connectivity index (χ3v) is 4.66. The number of hydrogen-bond acceptors (Lipinski definition) is 2. The maximum absolute atomic E-state index is 11.2. The van der Waals surface area contributed by atoms with Crippen molar-refractivity contribution in [3.8, 4) is 0 Å². The molecule has 0 aliphatic carbocycles. The molecule has 26 heavy (non-hydrogen) atoms. The number of rotatable bonds is 5. The van der Waals surface area contributed by atoms with Crippen LogP contribution in [0.1, 0.15) is 43.7 Å². The summed E-state index contributed by atoms with van der Waals surface area (Å²) in [4.78, 5) is 17.7. The zero-order valence-corrected chi connectivity index (χ0v) is 18.3. The number of nitrogens with one attached hydrogen (secondary N) is 2. The third-order valence-electron chi connectivity index (χ3n) is 4.66. The Hall–Kier alpha value is -1.51. The van der Waals surface area contributed by atoms with Crippen LogP contribution in [0.3, 0.4) is 0 Å². The Morgan fingerprint density at radius 1 is 1.31 bits per heavy atom. The molecule has 6 nitrogen and oxygen atoms in total. The highest BCUT2D eigenvalue weighted by atomic mass is 127. The van der Waals surface area contributed by atoms with Gasteiger partial charge in [0.15, 0.2) is 5.96 Å². The van der Waals surface area contributed by atoms with Crippen molar-refractivity contribution >= 4 is 36.0 Å². The number of carbonyl (C=O) groups is 1. The van der Waals surface area contributed by atoms with E-state index in [4.69, 9.17) is 10.7 Å². The molecule has 1 unspecified atom stereocenters. The number of benzene rings is 1. The van der Waals surface area contributed by atoms with Crippen molar-refractivity contribution in [2.75, 3.05) is 26.2 Å². The van der Waals surface area contributed by atoms with Crippen molar-refractivity contribution < 1.29 is 4.79 Å². The molecule has 0 bridgehead atoms. The van der Waals surface area contributed by atoms with Crippen LogP contribution in [0.2, 0.25) is 0 Å². The number of primary amides is 1. The van der Waals surface area contributed by atoms with Crippen LogP contribution in [0.15, 0.2) is 29.3 Å². The summed E-state index contributed by atoms with van der Waals surface area (Å²) >= 11 is 0. The molecule has 1 aromatic carbocycles. The SMILES string of the molecule is CCNC(=NCC(C)c1ccc(C)cc1)NC1CCN(C(N)=O)CC1.I. The molecule has 0 aromatic heterocycles. The molecular weight excluding hydrogens is 441 g/mol. The number of guanidine groups is 1. The topological polar surface area (TPSA) is 82.8 Å². The Morgan fingerprint density at radius 3 is 2.46 bits per heavy atom. The highest BCUT2D eigenvalue weighted by Gasteiger charge is 2.21. The number of likely N-dealkylation sites (tertiary alicyclic amines) is 1. The first-order chi connectivity index (χ1) is 12.0. The number of halogens is 1. The van der Waals surface area contributed by atoms with Crippen LogP contribution in [-0.4, -0.2) is 49.1 Å². The normalized spacial score (nSPS) is 16.6. The molecule has 1 atom stereocenters. The van der Waals surface area contributed by atoms with E-state index in [1.54, 1.807) is 4.90 Å². The Kier molecular flexibility index (Phi) is 9.75. The summed E-state index contributed by atoms with van der Waals surface area (Å²) < 4.78 is 0. The van der Waals surface area contributed by atoms with Gasteiger partial charge in [0.05, 0.1) is 0 Å². The van der Waals surface area contributed by atoms with E-state index in [1.165, 1.54) is 11.1 Å².